The fourth-order valence-electron chi connectivity index (χ4n) is 2.20. The van der Waals surface area contributed by atoms with Crippen LogP contribution in [-0.2, 0) is 0 Å². The van der Waals surface area contributed by atoms with E-state index in [4.69, 9.17) is 0 Å². The van der Waals surface area contributed by atoms with Crippen molar-refractivity contribution in [3.63, 3.8) is 0 Å². The van der Waals surface area contributed by atoms with Crippen LogP contribution in [0.1, 0.15) is 13.0 Å². The van der Waals surface area contributed by atoms with Crippen LogP contribution in [0.2, 0.25) is 0 Å². The van der Waals surface area contributed by atoms with Crippen LogP contribution in [-0.4, -0.2) is 0 Å². The fourth-order valence-corrected chi connectivity index (χ4v) is 2.20. The monoisotopic (exact) mass is 208 g/mol. The zero-order chi connectivity index (χ0) is 10.3. The van der Waals surface area contributed by atoms with Gasteiger partial charge in [0.1, 0.15) is 0 Å². The third-order valence-electron chi connectivity index (χ3n) is 3.00. The Bertz CT molecular complexity index is 636. The molecule has 0 saturated carbocycles. The van der Waals surface area contributed by atoms with E-state index < -0.39 is 0 Å². The van der Waals surface area contributed by atoms with Crippen molar-refractivity contribution in [3.8, 4) is 0 Å². The molecule has 3 rings (SSSR count). The summed E-state index contributed by atoms with van der Waals surface area (Å²) < 4.78 is 0. The Labute approximate surface area is 96.5 Å². The van der Waals surface area contributed by atoms with Crippen molar-refractivity contribution in [2.45, 2.75) is 14.4 Å². The van der Waals surface area contributed by atoms with Crippen LogP contribution in [0.5, 0.6) is 0 Å². The lowest BCUT2D eigenvalue weighted by Crippen LogP contribution is -1.80. The molecule has 0 aromatic heterocycles. The predicted octanol–water partition coefficient (Wildman–Crippen LogP) is 4.94. The lowest BCUT2D eigenvalue weighted by atomic mass is 9.99. The molecule has 0 aliphatic heterocycles. The lowest BCUT2D eigenvalue weighted by Gasteiger charge is -2.05. The van der Waals surface area contributed by atoms with E-state index in [1.165, 1.54) is 27.1 Å². The summed E-state index contributed by atoms with van der Waals surface area (Å²) >= 11 is 0. The maximum Gasteiger partial charge on any atom is -0.0103 e. The molecule has 0 heteroatoms. The molecule has 0 aliphatic rings. The summed E-state index contributed by atoms with van der Waals surface area (Å²) in [6, 6.07) is 19.5. The van der Waals surface area contributed by atoms with E-state index >= 15 is 0 Å². The topological polar surface area (TPSA) is 0 Å². The van der Waals surface area contributed by atoms with Crippen molar-refractivity contribution in [2.24, 2.45) is 0 Å². The predicted molar refractivity (Wildman–Crippen MR) is 72.9 cm³/mol. The number of hydrogen-bond donors (Lipinski definition) is 0. The van der Waals surface area contributed by atoms with Gasteiger partial charge >= 0.3 is 0 Å². The number of fused-ring (bicyclic) bond motifs is 3. The van der Waals surface area contributed by atoms with Gasteiger partial charge in [-0.1, -0.05) is 62.0 Å². The van der Waals surface area contributed by atoms with E-state index in [9.17, 15) is 0 Å². The second-order valence-electron chi connectivity index (χ2n) is 3.96. The first-order chi connectivity index (χ1) is 7.36. The van der Waals surface area contributed by atoms with Gasteiger partial charge in [-0.3, -0.25) is 0 Å². The summed E-state index contributed by atoms with van der Waals surface area (Å²) in [7, 11) is 0. The number of hydrogen-bond acceptors (Lipinski definition) is 0. The van der Waals surface area contributed by atoms with E-state index in [-0.39, 0.29) is 7.43 Å². The zero-order valence-electron chi connectivity index (χ0n) is 8.70. The molecule has 0 radical (unpaired) electrons. The van der Waals surface area contributed by atoms with E-state index in [1.54, 1.807) is 0 Å². The van der Waals surface area contributed by atoms with Crippen molar-refractivity contribution in [1.29, 1.82) is 0 Å². The first kappa shape index (κ1) is 10.7. The van der Waals surface area contributed by atoms with Crippen LogP contribution in [0.25, 0.3) is 21.5 Å². The van der Waals surface area contributed by atoms with Crippen molar-refractivity contribution in [1.82, 2.24) is 0 Å². The summed E-state index contributed by atoms with van der Waals surface area (Å²) in [5.74, 6) is 0. The smallest absolute Gasteiger partial charge is 0.0103 e. The second-order valence-corrected chi connectivity index (χ2v) is 3.96. The molecule has 0 amide bonds. The molecule has 0 unspecified atom stereocenters. The van der Waals surface area contributed by atoms with Crippen molar-refractivity contribution >= 4 is 21.5 Å². The molecule has 16 heavy (non-hydrogen) atoms. The first-order valence-electron chi connectivity index (χ1n) is 5.23. The number of aryl methyl sites for hydroxylation is 1. The van der Waals surface area contributed by atoms with Gasteiger partial charge in [0.2, 0.25) is 0 Å². The van der Waals surface area contributed by atoms with E-state index in [0.717, 1.165) is 0 Å². The van der Waals surface area contributed by atoms with Gasteiger partial charge in [-0.15, -0.1) is 0 Å². The van der Waals surface area contributed by atoms with Gasteiger partial charge in [-0.25, -0.2) is 0 Å². The molecule has 0 fully saturated rings. The quantitative estimate of drug-likeness (QED) is 0.459. The zero-order valence-corrected chi connectivity index (χ0v) is 8.70. The Balaban J connectivity index is 0.000000963. The molecule has 0 aliphatic carbocycles. The highest BCUT2D eigenvalue weighted by Gasteiger charge is 2.00. The van der Waals surface area contributed by atoms with E-state index in [1.807, 2.05) is 0 Å². The molecule has 0 nitrogen and oxygen atoms in total. The Morgan fingerprint density at radius 3 is 2.25 bits per heavy atom. The molecule has 0 spiro atoms. The minimum absolute atomic E-state index is 0. The molecule has 80 valence electrons. The maximum absolute atomic E-state index is 2.22. The van der Waals surface area contributed by atoms with Gasteiger partial charge < -0.3 is 0 Å². The minimum atomic E-state index is 0. The largest absolute Gasteiger partial charge is 0.0776 e. The molecule has 0 atom stereocenters. The van der Waals surface area contributed by atoms with Gasteiger partial charge in [0.25, 0.3) is 0 Å². The normalized spacial score (nSPS) is 10.3. The third kappa shape index (κ3) is 1.47. The van der Waals surface area contributed by atoms with Gasteiger partial charge in [0.05, 0.1) is 0 Å². The Kier molecular flexibility index (Phi) is 2.66. The third-order valence-corrected chi connectivity index (χ3v) is 3.00. The molecular weight excluding hydrogens is 192 g/mol. The number of benzene rings is 3. The van der Waals surface area contributed by atoms with Gasteiger partial charge in [-0.2, -0.15) is 0 Å². The molecular formula is C16H16. The number of rotatable bonds is 0. The summed E-state index contributed by atoms with van der Waals surface area (Å²) in [6.45, 7) is 2.16. The fraction of sp³-hybridized carbons (Fsp3) is 0.125. The Morgan fingerprint density at radius 1 is 0.625 bits per heavy atom. The molecule has 3 aromatic carbocycles. The van der Waals surface area contributed by atoms with E-state index in [2.05, 4.69) is 61.5 Å². The highest BCUT2D eigenvalue weighted by molar-refractivity contribution is 6.08. The van der Waals surface area contributed by atoms with Gasteiger partial charge in [-0.05, 0) is 34.0 Å². The van der Waals surface area contributed by atoms with Gasteiger partial charge in [0.15, 0.2) is 0 Å². The van der Waals surface area contributed by atoms with Crippen LogP contribution < -0.4 is 0 Å². The highest BCUT2D eigenvalue weighted by atomic mass is 14.0. The Hall–Kier alpha value is -1.82. The van der Waals surface area contributed by atoms with Crippen molar-refractivity contribution in [2.75, 3.05) is 0 Å². The molecule has 0 heterocycles. The average molecular weight is 208 g/mol. The van der Waals surface area contributed by atoms with Crippen LogP contribution in [0.3, 0.4) is 0 Å². The van der Waals surface area contributed by atoms with Crippen LogP contribution in [0, 0.1) is 6.92 Å². The van der Waals surface area contributed by atoms with Crippen LogP contribution in [0.4, 0.5) is 0 Å². The first-order valence-corrected chi connectivity index (χ1v) is 5.23. The standard InChI is InChI=1S/C15H12.CH4/c1-11-5-4-8-15-13(11)10-9-12-6-2-3-7-14(12)15;/h2-10H,1H3;1H4. The van der Waals surface area contributed by atoms with Gasteiger partial charge in [0, 0.05) is 0 Å². The second kappa shape index (κ2) is 3.97. The highest BCUT2D eigenvalue weighted by Crippen LogP contribution is 2.26. The molecule has 0 saturated heterocycles. The summed E-state index contributed by atoms with van der Waals surface area (Å²) in [5.41, 5.74) is 1.35. The van der Waals surface area contributed by atoms with Crippen molar-refractivity contribution < 1.29 is 0 Å². The lowest BCUT2D eigenvalue weighted by molar-refractivity contribution is 1.54. The molecule has 0 bridgehead atoms. The molecule has 3 aromatic rings. The van der Waals surface area contributed by atoms with E-state index in [0.29, 0.717) is 0 Å². The minimum Gasteiger partial charge on any atom is -0.0776 e. The maximum atomic E-state index is 2.22. The van der Waals surface area contributed by atoms with Crippen LogP contribution in [0.15, 0.2) is 54.6 Å². The SMILES string of the molecule is C.Cc1cccc2c1ccc1ccccc12. The summed E-state index contributed by atoms with van der Waals surface area (Å²) in [5, 5.41) is 5.37. The van der Waals surface area contributed by atoms with Crippen LogP contribution >= 0.6 is 0 Å². The summed E-state index contributed by atoms with van der Waals surface area (Å²) in [4.78, 5) is 0. The Morgan fingerprint density at radius 2 is 1.38 bits per heavy atom. The summed E-state index contributed by atoms with van der Waals surface area (Å²) in [6.07, 6.45) is 0. The van der Waals surface area contributed by atoms with Crippen molar-refractivity contribution in [3.05, 3.63) is 60.2 Å². The average Bonchev–Trinajstić information content (AvgIpc) is 2.29. The molecule has 0 N–H and O–H groups in total.